The van der Waals surface area contributed by atoms with Gasteiger partial charge in [0.25, 0.3) is 0 Å². The number of aliphatic carboxylic acids is 1. The summed E-state index contributed by atoms with van der Waals surface area (Å²) in [4.78, 5) is 41.7. The van der Waals surface area contributed by atoms with Gasteiger partial charge in [0.05, 0.1) is 24.6 Å². The lowest BCUT2D eigenvalue weighted by Crippen LogP contribution is -2.55. The van der Waals surface area contributed by atoms with Gasteiger partial charge >= 0.3 is 5.97 Å². The van der Waals surface area contributed by atoms with Gasteiger partial charge in [-0.2, -0.15) is 0 Å². The van der Waals surface area contributed by atoms with Crippen LogP contribution in [0.15, 0.2) is 60.7 Å². The van der Waals surface area contributed by atoms with Crippen molar-refractivity contribution in [3.05, 3.63) is 66.2 Å². The van der Waals surface area contributed by atoms with E-state index in [9.17, 15) is 24.6 Å². The Bertz CT molecular complexity index is 1350. The molecule has 8 nitrogen and oxygen atoms in total. The molecule has 35 heavy (non-hydrogen) atoms. The van der Waals surface area contributed by atoms with Crippen LogP contribution >= 0.6 is 0 Å². The SMILES string of the molecule is CCC[C@]1(C(=O)O)N[C@H](c2ccc(OC)cc2O)[C@@H]2C(=O)N(c3cccc4ccccc34)C(=O)[C@H]21. The molecule has 2 saturated heterocycles. The second-order valence-corrected chi connectivity index (χ2v) is 9.09. The topological polar surface area (TPSA) is 116 Å². The Hall–Kier alpha value is -3.91. The highest BCUT2D eigenvalue weighted by Gasteiger charge is 2.68. The fourth-order valence-corrected chi connectivity index (χ4v) is 5.75. The maximum Gasteiger partial charge on any atom is 0.324 e. The summed E-state index contributed by atoms with van der Waals surface area (Å²) >= 11 is 0. The van der Waals surface area contributed by atoms with Gasteiger partial charge in [-0.15, -0.1) is 0 Å². The first-order valence-electron chi connectivity index (χ1n) is 11.6. The van der Waals surface area contributed by atoms with Gasteiger partial charge in [0, 0.05) is 23.1 Å². The van der Waals surface area contributed by atoms with E-state index in [0.29, 0.717) is 23.4 Å². The van der Waals surface area contributed by atoms with E-state index in [1.807, 2.05) is 37.3 Å². The van der Waals surface area contributed by atoms with E-state index in [4.69, 9.17) is 4.74 Å². The van der Waals surface area contributed by atoms with Crippen molar-refractivity contribution in [3.8, 4) is 11.5 Å². The number of phenolic OH excluding ortho intramolecular Hbond substituents is 1. The van der Waals surface area contributed by atoms with Crippen molar-refractivity contribution in [1.82, 2.24) is 5.32 Å². The molecule has 180 valence electrons. The summed E-state index contributed by atoms with van der Waals surface area (Å²) < 4.78 is 5.17. The summed E-state index contributed by atoms with van der Waals surface area (Å²) in [6.45, 7) is 1.84. The molecule has 2 fully saturated rings. The third kappa shape index (κ3) is 3.28. The predicted octanol–water partition coefficient (Wildman–Crippen LogP) is 3.63. The van der Waals surface area contributed by atoms with E-state index < -0.39 is 41.2 Å². The second-order valence-electron chi connectivity index (χ2n) is 9.09. The summed E-state index contributed by atoms with van der Waals surface area (Å²) in [6, 6.07) is 16.6. The number of amides is 2. The van der Waals surface area contributed by atoms with Gasteiger partial charge in [-0.25, -0.2) is 4.90 Å². The molecular formula is C27H26N2O6. The number of phenols is 1. The van der Waals surface area contributed by atoms with Crippen LogP contribution in [0.4, 0.5) is 5.69 Å². The number of ether oxygens (including phenoxy) is 1. The van der Waals surface area contributed by atoms with Gasteiger partial charge in [0.2, 0.25) is 11.8 Å². The van der Waals surface area contributed by atoms with Crippen LogP contribution in [-0.2, 0) is 14.4 Å². The Morgan fingerprint density at radius 3 is 2.51 bits per heavy atom. The summed E-state index contributed by atoms with van der Waals surface area (Å²) in [5.41, 5.74) is -0.871. The van der Waals surface area contributed by atoms with Gasteiger partial charge in [-0.1, -0.05) is 55.8 Å². The summed E-state index contributed by atoms with van der Waals surface area (Å²) in [6.07, 6.45) is 0.638. The van der Waals surface area contributed by atoms with E-state index in [2.05, 4.69) is 5.32 Å². The van der Waals surface area contributed by atoms with Crippen LogP contribution in [0.1, 0.15) is 31.4 Å². The molecule has 3 aromatic carbocycles. The van der Waals surface area contributed by atoms with Crippen LogP contribution in [0.2, 0.25) is 0 Å². The molecule has 3 aromatic rings. The minimum atomic E-state index is -1.65. The lowest BCUT2D eigenvalue weighted by atomic mass is 9.77. The Kier molecular flexibility index (Phi) is 5.48. The maximum absolute atomic E-state index is 13.9. The largest absolute Gasteiger partial charge is 0.507 e. The van der Waals surface area contributed by atoms with Crippen LogP contribution in [0.5, 0.6) is 11.5 Å². The minimum absolute atomic E-state index is 0.137. The normalized spacial score (nSPS) is 25.8. The van der Waals surface area contributed by atoms with Crippen LogP contribution in [0, 0.1) is 11.8 Å². The number of rotatable bonds is 6. The van der Waals surface area contributed by atoms with Gasteiger partial charge in [-0.05, 0) is 23.9 Å². The molecule has 2 amide bonds. The summed E-state index contributed by atoms with van der Waals surface area (Å²) in [5, 5.41) is 25.8. The smallest absolute Gasteiger partial charge is 0.324 e. The Labute approximate surface area is 202 Å². The Morgan fingerprint density at radius 2 is 1.83 bits per heavy atom. The number of imide groups is 1. The number of nitrogens with one attached hydrogen (secondary N) is 1. The number of hydrogen-bond donors (Lipinski definition) is 3. The highest BCUT2D eigenvalue weighted by Crippen LogP contribution is 2.53. The molecule has 0 spiro atoms. The average Bonchev–Trinajstić information content (AvgIpc) is 3.33. The zero-order valence-electron chi connectivity index (χ0n) is 19.4. The van der Waals surface area contributed by atoms with Crippen molar-refractivity contribution in [2.75, 3.05) is 12.0 Å². The average molecular weight is 475 g/mol. The lowest BCUT2D eigenvalue weighted by Gasteiger charge is -2.31. The van der Waals surface area contributed by atoms with Crippen LogP contribution in [-0.4, -0.2) is 40.6 Å². The molecule has 4 atom stereocenters. The molecule has 0 radical (unpaired) electrons. The van der Waals surface area contributed by atoms with Crippen LogP contribution in [0.3, 0.4) is 0 Å². The van der Waals surface area contributed by atoms with Gasteiger partial charge in [0.1, 0.15) is 17.0 Å². The number of aromatic hydroxyl groups is 1. The maximum atomic E-state index is 13.9. The molecule has 0 aromatic heterocycles. The third-order valence-corrected chi connectivity index (χ3v) is 7.26. The van der Waals surface area contributed by atoms with Crippen molar-refractivity contribution < 1.29 is 29.3 Å². The summed E-state index contributed by atoms with van der Waals surface area (Å²) in [7, 11) is 1.47. The fourth-order valence-electron chi connectivity index (χ4n) is 5.75. The van der Waals surface area contributed by atoms with Gasteiger partial charge in [0.15, 0.2) is 0 Å². The van der Waals surface area contributed by atoms with Crippen LogP contribution in [0.25, 0.3) is 10.8 Å². The van der Waals surface area contributed by atoms with Gasteiger partial charge in [-0.3, -0.25) is 19.7 Å². The molecule has 2 aliphatic heterocycles. The Morgan fingerprint density at radius 1 is 1.09 bits per heavy atom. The first-order valence-corrected chi connectivity index (χ1v) is 11.6. The first-order chi connectivity index (χ1) is 16.8. The lowest BCUT2D eigenvalue weighted by molar-refractivity contribution is -0.149. The molecule has 2 heterocycles. The van der Waals surface area contributed by atoms with Crippen molar-refractivity contribution in [2.45, 2.75) is 31.3 Å². The number of methoxy groups -OCH3 is 1. The number of hydrogen-bond acceptors (Lipinski definition) is 6. The van der Waals surface area contributed by atoms with Crippen molar-refractivity contribution >= 4 is 34.2 Å². The first kappa shape index (κ1) is 22.9. The van der Waals surface area contributed by atoms with E-state index >= 15 is 0 Å². The minimum Gasteiger partial charge on any atom is -0.507 e. The van der Waals surface area contributed by atoms with Gasteiger partial charge < -0.3 is 14.9 Å². The molecular weight excluding hydrogens is 448 g/mol. The van der Waals surface area contributed by atoms with E-state index in [-0.39, 0.29) is 12.2 Å². The third-order valence-electron chi connectivity index (χ3n) is 7.26. The fraction of sp³-hybridized carbons (Fsp3) is 0.296. The monoisotopic (exact) mass is 474 g/mol. The number of anilines is 1. The molecule has 8 heteroatoms. The zero-order valence-corrected chi connectivity index (χ0v) is 19.4. The number of nitrogens with zero attached hydrogens (tertiary/aromatic N) is 1. The van der Waals surface area contributed by atoms with Crippen molar-refractivity contribution in [2.24, 2.45) is 11.8 Å². The number of carboxylic acid groups (broad SMARTS) is 1. The molecule has 0 saturated carbocycles. The standard InChI is InChI=1S/C27H26N2O6/c1-3-13-27(26(33)34)22-21(23(28-27)18-12-11-16(35-2)14-20(18)30)24(31)29(25(22)32)19-10-6-8-15-7-4-5-9-17(15)19/h4-12,14,21-23,28,30H,3,13H2,1-2H3,(H,33,34)/t21-,22+,23-,27+/m1/s1. The quantitative estimate of drug-likeness (QED) is 0.467. The molecule has 0 unspecified atom stereocenters. The molecule has 3 N–H and O–H groups in total. The number of carbonyl (C=O) groups is 3. The number of fused-ring (bicyclic) bond motifs is 2. The predicted molar refractivity (Wildman–Crippen MR) is 129 cm³/mol. The van der Waals surface area contributed by atoms with E-state index in [0.717, 1.165) is 15.7 Å². The number of benzene rings is 3. The van der Waals surface area contributed by atoms with Crippen LogP contribution < -0.4 is 15.0 Å². The highest BCUT2D eigenvalue weighted by molar-refractivity contribution is 6.26. The highest BCUT2D eigenvalue weighted by atomic mass is 16.5. The Balaban J connectivity index is 1.69. The van der Waals surface area contributed by atoms with Crippen molar-refractivity contribution in [1.29, 1.82) is 0 Å². The van der Waals surface area contributed by atoms with Crippen molar-refractivity contribution in [3.63, 3.8) is 0 Å². The summed E-state index contributed by atoms with van der Waals surface area (Å²) in [5.74, 6) is -4.06. The zero-order chi connectivity index (χ0) is 24.9. The molecule has 5 rings (SSSR count). The van der Waals surface area contributed by atoms with E-state index in [1.165, 1.54) is 13.2 Å². The molecule has 0 aliphatic carbocycles. The number of carboxylic acids is 1. The van der Waals surface area contributed by atoms with E-state index in [1.54, 1.807) is 24.3 Å². The number of carbonyl (C=O) groups excluding carboxylic acids is 2. The molecule has 0 bridgehead atoms. The second kappa shape index (κ2) is 8.39. The molecule has 2 aliphatic rings.